The highest BCUT2D eigenvalue weighted by atomic mass is 32.2. The zero-order valence-electron chi connectivity index (χ0n) is 9.86. The number of nitrogen functional groups attached to an aromatic ring is 1. The van der Waals surface area contributed by atoms with Crippen LogP contribution in [0.2, 0.25) is 0 Å². The molecule has 1 aliphatic rings. The summed E-state index contributed by atoms with van der Waals surface area (Å²) in [6.45, 7) is 1.77. The molecule has 0 radical (unpaired) electrons. The lowest BCUT2D eigenvalue weighted by molar-refractivity contribution is 0.413. The molecule has 17 heavy (non-hydrogen) atoms. The molecule has 0 atom stereocenters. The lowest BCUT2D eigenvalue weighted by Gasteiger charge is -2.11. The van der Waals surface area contributed by atoms with Crippen LogP contribution in [0.4, 0.5) is 5.69 Å². The van der Waals surface area contributed by atoms with E-state index >= 15 is 0 Å². The minimum Gasteiger partial charge on any atom is -0.494 e. The molecule has 3 N–H and O–H groups in total. The highest BCUT2D eigenvalue weighted by Gasteiger charge is 2.28. The summed E-state index contributed by atoms with van der Waals surface area (Å²) in [6.07, 6.45) is 1.81. The Kier molecular flexibility index (Phi) is 3.01. The Morgan fingerprint density at radius 1 is 1.41 bits per heavy atom. The van der Waals surface area contributed by atoms with Crippen molar-refractivity contribution in [2.45, 2.75) is 30.7 Å². The third kappa shape index (κ3) is 2.53. The van der Waals surface area contributed by atoms with Gasteiger partial charge >= 0.3 is 0 Å². The van der Waals surface area contributed by atoms with Crippen molar-refractivity contribution >= 4 is 15.7 Å². The lowest BCUT2D eigenvalue weighted by Crippen LogP contribution is -2.25. The molecule has 0 amide bonds. The first-order valence-electron chi connectivity index (χ1n) is 5.40. The average Bonchev–Trinajstić information content (AvgIpc) is 3.00. The number of hydrogen-bond donors (Lipinski definition) is 2. The van der Waals surface area contributed by atoms with Crippen LogP contribution in [-0.4, -0.2) is 21.6 Å². The molecule has 1 aromatic carbocycles. The van der Waals surface area contributed by atoms with Crippen LogP contribution in [0.1, 0.15) is 18.4 Å². The van der Waals surface area contributed by atoms with Crippen LogP contribution in [-0.2, 0) is 10.0 Å². The first-order chi connectivity index (χ1) is 7.94. The molecule has 94 valence electrons. The van der Waals surface area contributed by atoms with Gasteiger partial charge in [-0.1, -0.05) is 0 Å². The molecule has 5 nitrogen and oxygen atoms in total. The summed E-state index contributed by atoms with van der Waals surface area (Å²) in [4.78, 5) is 0.195. The third-order valence-corrected chi connectivity index (χ3v) is 4.19. The fraction of sp³-hybridized carbons (Fsp3) is 0.455. The summed E-state index contributed by atoms with van der Waals surface area (Å²) in [5.41, 5.74) is 6.81. The van der Waals surface area contributed by atoms with E-state index in [1.54, 1.807) is 13.0 Å². The Labute approximate surface area is 101 Å². The van der Waals surface area contributed by atoms with Crippen LogP contribution in [0.25, 0.3) is 0 Å². The van der Waals surface area contributed by atoms with Gasteiger partial charge in [-0.15, -0.1) is 0 Å². The van der Waals surface area contributed by atoms with Gasteiger partial charge in [-0.2, -0.15) is 0 Å². The zero-order chi connectivity index (χ0) is 12.6. The molecule has 0 spiro atoms. The molecule has 1 aromatic rings. The van der Waals surface area contributed by atoms with Gasteiger partial charge in [0.25, 0.3) is 0 Å². The van der Waals surface area contributed by atoms with E-state index in [2.05, 4.69) is 4.72 Å². The Bertz CT molecular complexity index is 513. The number of nitrogens with one attached hydrogen (secondary N) is 1. The summed E-state index contributed by atoms with van der Waals surface area (Å²) in [5, 5.41) is 0. The van der Waals surface area contributed by atoms with Gasteiger partial charge in [0, 0.05) is 6.04 Å². The second-order valence-corrected chi connectivity index (χ2v) is 5.97. The number of sulfonamides is 1. The molecule has 1 fully saturated rings. The fourth-order valence-electron chi connectivity index (χ4n) is 1.69. The summed E-state index contributed by atoms with van der Waals surface area (Å²) >= 11 is 0. The van der Waals surface area contributed by atoms with E-state index in [9.17, 15) is 8.42 Å². The highest BCUT2D eigenvalue weighted by Crippen LogP contribution is 2.30. The maximum Gasteiger partial charge on any atom is 0.240 e. The first-order valence-corrected chi connectivity index (χ1v) is 6.89. The fourth-order valence-corrected chi connectivity index (χ4v) is 3.11. The summed E-state index contributed by atoms with van der Waals surface area (Å²) in [5.74, 6) is 0.523. The first kappa shape index (κ1) is 12.2. The molecular weight excluding hydrogens is 240 g/mol. The molecular formula is C11H16N2O3S. The number of aryl methyl sites for hydroxylation is 1. The lowest BCUT2D eigenvalue weighted by atomic mass is 10.2. The molecule has 0 saturated heterocycles. The Balaban J connectivity index is 2.38. The van der Waals surface area contributed by atoms with Crippen LogP contribution in [0.3, 0.4) is 0 Å². The number of rotatable bonds is 4. The van der Waals surface area contributed by atoms with E-state index in [0.29, 0.717) is 17.0 Å². The molecule has 0 aliphatic heterocycles. The number of benzene rings is 1. The largest absolute Gasteiger partial charge is 0.494 e. The van der Waals surface area contributed by atoms with Gasteiger partial charge < -0.3 is 10.5 Å². The topological polar surface area (TPSA) is 81.4 Å². The van der Waals surface area contributed by atoms with Crippen LogP contribution >= 0.6 is 0 Å². The normalized spacial score (nSPS) is 15.9. The van der Waals surface area contributed by atoms with E-state index in [4.69, 9.17) is 10.5 Å². The Morgan fingerprint density at radius 2 is 2.06 bits per heavy atom. The molecule has 0 aromatic heterocycles. The van der Waals surface area contributed by atoms with E-state index in [1.807, 2.05) is 0 Å². The predicted molar refractivity (Wildman–Crippen MR) is 65.5 cm³/mol. The van der Waals surface area contributed by atoms with Crippen LogP contribution < -0.4 is 15.2 Å². The van der Waals surface area contributed by atoms with E-state index in [-0.39, 0.29) is 10.9 Å². The SMILES string of the molecule is COc1c(C)cc(S(=O)(=O)NC2CC2)cc1N. The molecule has 0 bridgehead atoms. The van der Waals surface area contributed by atoms with Gasteiger partial charge in [0.15, 0.2) is 0 Å². The number of anilines is 1. The minimum absolute atomic E-state index is 0.0867. The van der Waals surface area contributed by atoms with Crippen molar-refractivity contribution in [2.75, 3.05) is 12.8 Å². The van der Waals surface area contributed by atoms with Crippen molar-refractivity contribution in [3.8, 4) is 5.75 Å². The zero-order valence-corrected chi connectivity index (χ0v) is 10.7. The van der Waals surface area contributed by atoms with Gasteiger partial charge in [0.1, 0.15) is 5.75 Å². The van der Waals surface area contributed by atoms with Crippen LogP contribution in [0.5, 0.6) is 5.75 Å². The molecule has 2 rings (SSSR count). The standard InChI is InChI=1S/C11H16N2O3S/c1-7-5-9(6-10(12)11(7)16-2)17(14,15)13-8-3-4-8/h5-6,8,13H,3-4,12H2,1-2H3. The van der Waals surface area contributed by atoms with Gasteiger partial charge in [0.05, 0.1) is 17.7 Å². The molecule has 0 heterocycles. The van der Waals surface area contributed by atoms with Gasteiger partial charge in [-0.3, -0.25) is 0 Å². The predicted octanol–water partition coefficient (Wildman–Crippen LogP) is 1.03. The van der Waals surface area contributed by atoms with Gasteiger partial charge in [0.2, 0.25) is 10.0 Å². The maximum atomic E-state index is 12.0. The summed E-state index contributed by atoms with van der Waals surface area (Å²) in [7, 11) is -1.94. The molecule has 1 aliphatic carbocycles. The van der Waals surface area contributed by atoms with Crippen molar-refractivity contribution < 1.29 is 13.2 Å². The average molecular weight is 256 g/mol. The second kappa shape index (κ2) is 4.19. The van der Waals surface area contributed by atoms with Crippen molar-refractivity contribution in [3.05, 3.63) is 17.7 Å². The minimum atomic E-state index is -3.45. The van der Waals surface area contributed by atoms with E-state index in [1.165, 1.54) is 13.2 Å². The van der Waals surface area contributed by atoms with Crippen molar-refractivity contribution in [2.24, 2.45) is 0 Å². The monoisotopic (exact) mass is 256 g/mol. The van der Waals surface area contributed by atoms with Crippen molar-refractivity contribution in [3.63, 3.8) is 0 Å². The van der Waals surface area contributed by atoms with E-state index in [0.717, 1.165) is 12.8 Å². The number of hydrogen-bond acceptors (Lipinski definition) is 4. The molecule has 0 unspecified atom stereocenters. The number of methoxy groups -OCH3 is 1. The number of ether oxygens (including phenoxy) is 1. The smallest absolute Gasteiger partial charge is 0.240 e. The number of nitrogens with two attached hydrogens (primary N) is 1. The second-order valence-electron chi connectivity index (χ2n) is 4.26. The highest BCUT2D eigenvalue weighted by molar-refractivity contribution is 7.89. The van der Waals surface area contributed by atoms with E-state index < -0.39 is 10.0 Å². The Morgan fingerprint density at radius 3 is 2.53 bits per heavy atom. The van der Waals surface area contributed by atoms with Crippen LogP contribution in [0.15, 0.2) is 17.0 Å². The third-order valence-electron chi connectivity index (χ3n) is 2.69. The summed E-state index contributed by atoms with van der Waals surface area (Å²) < 4.78 is 31.7. The van der Waals surface area contributed by atoms with Crippen LogP contribution in [0, 0.1) is 6.92 Å². The van der Waals surface area contributed by atoms with Gasteiger partial charge in [-0.05, 0) is 37.5 Å². The van der Waals surface area contributed by atoms with Crippen molar-refractivity contribution in [1.29, 1.82) is 0 Å². The molecule has 6 heteroatoms. The molecule has 1 saturated carbocycles. The Hall–Kier alpha value is -1.27. The maximum absolute atomic E-state index is 12.0. The van der Waals surface area contributed by atoms with Crippen molar-refractivity contribution in [1.82, 2.24) is 4.72 Å². The quantitative estimate of drug-likeness (QED) is 0.788. The summed E-state index contributed by atoms with van der Waals surface area (Å²) in [6, 6.07) is 3.08. The van der Waals surface area contributed by atoms with Gasteiger partial charge in [-0.25, -0.2) is 13.1 Å².